The molecule has 1 aliphatic rings. The molecule has 1 saturated carbocycles. The quantitative estimate of drug-likeness (QED) is 0.538. The van der Waals surface area contributed by atoms with Crippen LogP contribution in [0, 0.1) is 17.8 Å². The average Bonchev–Trinajstić information content (AvgIpc) is 2.67. The molecular weight excluding hydrogens is 139 g/mol. The molecular formula is C10H19F. The summed E-state index contributed by atoms with van der Waals surface area (Å²) in [6.07, 6.45) is 4.50. The molecule has 0 heterocycles. The van der Waals surface area contributed by atoms with Gasteiger partial charge in [0.05, 0.1) is 6.67 Å². The van der Waals surface area contributed by atoms with Gasteiger partial charge in [0, 0.05) is 0 Å². The molecule has 0 saturated heterocycles. The van der Waals surface area contributed by atoms with E-state index in [4.69, 9.17) is 0 Å². The van der Waals surface area contributed by atoms with E-state index in [1.165, 1.54) is 12.8 Å². The lowest BCUT2D eigenvalue weighted by molar-refractivity contribution is 0.396. The highest BCUT2D eigenvalue weighted by Crippen LogP contribution is 2.45. The summed E-state index contributed by atoms with van der Waals surface area (Å²) in [5, 5.41) is 0. The Morgan fingerprint density at radius 3 is 2.55 bits per heavy atom. The molecule has 0 aromatic rings. The molecule has 0 nitrogen and oxygen atoms in total. The Labute approximate surface area is 69.2 Å². The minimum Gasteiger partial charge on any atom is -0.251 e. The highest BCUT2D eigenvalue weighted by atomic mass is 19.1. The standard InChI is InChI=1S/C10H19F/c1-8(5-3-4-6-11)10-7-9(10)2/h8-10H,3-7H2,1-2H3. The van der Waals surface area contributed by atoms with Gasteiger partial charge in [-0.25, -0.2) is 0 Å². The van der Waals surface area contributed by atoms with Crippen LogP contribution in [0.1, 0.15) is 39.5 Å². The average molecular weight is 158 g/mol. The van der Waals surface area contributed by atoms with Crippen LogP contribution >= 0.6 is 0 Å². The van der Waals surface area contributed by atoms with E-state index in [0.29, 0.717) is 0 Å². The monoisotopic (exact) mass is 158 g/mol. The van der Waals surface area contributed by atoms with Gasteiger partial charge in [0.15, 0.2) is 0 Å². The number of alkyl halides is 1. The fraction of sp³-hybridized carbons (Fsp3) is 1.00. The predicted octanol–water partition coefficient (Wildman–Crippen LogP) is 3.42. The molecule has 0 aromatic carbocycles. The fourth-order valence-electron chi connectivity index (χ4n) is 1.92. The van der Waals surface area contributed by atoms with Crippen LogP contribution in [0.2, 0.25) is 0 Å². The van der Waals surface area contributed by atoms with Gasteiger partial charge < -0.3 is 0 Å². The van der Waals surface area contributed by atoms with Crippen molar-refractivity contribution in [3.63, 3.8) is 0 Å². The van der Waals surface area contributed by atoms with Gasteiger partial charge in [-0.1, -0.05) is 26.7 Å². The number of unbranched alkanes of at least 4 members (excludes halogenated alkanes) is 1. The molecule has 1 rings (SSSR count). The second-order valence-electron chi connectivity index (χ2n) is 4.04. The van der Waals surface area contributed by atoms with E-state index in [1.807, 2.05) is 0 Å². The zero-order chi connectivity index (χ0) is 8.27. The molecule has 0 radical (unpaired) electrons. The zero-order valence-electron chi connectivity index (χ0n) is 7.65. The third-order valence-electron chi connectivity index (χ3n) is 2.95. The Kier molecular flexibility index (Phi) is 3.35. The van der Waals surface area contributed by atoms with E-state index in [2.05, 4.69) is 13.8 Å². The molecule has 3 atom stereocenters. The van der Waals surface area contributed by atoms with Crippen molar-refractivity contribution in [2.45, 2.75) is 39.5 Å². The maximum atomic E-state index is 11.7. The summed E-state index contributed by atoms with van der Waals surface area (Å²) in [6, 6.07) is 0. The van der Waals surface area contributed by atoms with Gasteiger partial charge in [0.1, 0.15) is 0 Å². The summed E-state index contributed by atoms with van der Waals surface area (Å²) in [6.45, 7) is 4.50. The van der Waals surface area contributed by atoms with Crippen LogP contribution in [0.3, 0.4) is 0 Å². The lowest BCUT2D eigenvalue weighted by Gasteiger charge is -2.08. The largest absolute Gasteiger partial charge is 0.251 e. The van der Waals surface area contributed by atoms with Crippen molar-refractivity contribution in [3.8, 4) is 0 Å². The van der Waals surface area contributed by atoms with E-state index in [0.717, 1.165) is 30.6 Å². The first-order valence-electron chi connectivity index (χ1n) is 4.81. The van der Waals surface area contributed by atoms with Crippen molar-refractivity contribution in [1.82, 2.24) is 0 Å². The molecule has 11 heavy (non-hydrogen) atoms. The van der Waals surface area contributed by atoms with Crippen LogP contribution in [0.4, 0.5) is 4.39 Å². The Balaban J connectivity index is 1.98. The lowest BCUT2D eigenvalue weighted by Crippen LogP contribution is -1.98. The Morgan fingerprint density at radius 2 is 2.09 bits per heavy atom. The molecule has 1 aliphatic carbocycles. The first-order chi connectivity index (χ1) is 5.25. The van der Waals surface area contributed by atoms with Crippen LogP contribution in [-0.2, 0) is 0 Å². The van der Waals surface area contributed by atoms with Crippen molar-refractivity contribution in [2.75, 3.05) is 6.67 Å². The molecule has 3 unspecified atom stereocenters. The fourth-order valence-corrected chi connectivity index (χ4v) is 1.92. The van der Waals surface area contributed by atoms with Gasteiger partial charge in [-0.3, -0.25) is 4.39 Å². The van der Waals surface area contributed by atoms with Crippen LogP contribution in [-0.4, -0.2) is 6.67 Å². The third kappa shape index (κ3) is 2.80. The highest BCUT2D eigenvalue weighted by molar-refractivity contribution is 4.86. The second kappa shape index (κ2) is 4.08. The van der Waals surface area contributed by atoms with Crippen LogP contribution in [0.25, 0.3) is 0 Å². The molecule has 1 fully saturated rings. The summed E-state index contributed by atoms with van der Waals surface area (Å²) in [5.41, 5.74) is 0. The zero-order valence-corrected chi connectivity index (χ0v) is 7.65. The van der Waals surface area contributed by atoms with Gasteiger partial charge >= 0.3 is 0 Å². The minimum atomic E-state index is -0.132. The van der Waals surface area contributed by atoms with E-state index in [1.54, 1.807) is 0 Å². The van der Waals surface area contributed by atoms with Crippen molar-refractivity contribution < 1.29 is 4.39 Å². The van der Waals surface area contributed by atoms with Crippen LogP contribution in [0.5, 0.6) is 0 Å². The SMILES string of the molecule is CC(CCCCF)C1CC1C. The van der Waals surface area contributed by atoms with E-state index < -0.39 is 0 Å². The van der Waals surface area contributed by atoms with Crippen molar-refractivity contribution in [3.05, 3.63) is 0 Å². The first kappa shape index (κ1) is 9.02. The number of hydrogen-bond acceptors (Lipinski definition) is 0. The summed E-state index contributed by atoms with van der Waals surface area (Å²) in [4.78, 5) is 0. The number of rotatable bonds is 5. The number of hydrogen-bond donors (Lipinski definition) is 0. The molecule has 0 bridgehead atoms. The molecule has 1 heteroatoms. The van der Waals surface area contributed by atoms with E-state index in [9.17, 15) is 4.39 Å². The molecule has 0 amide bonds. The number of halogens is 1. The first-order valence-corrected chi connectivity index (χ1v) is 4.81. The normalized spacial score (nSPS) is 31.9. The van der Waals surface area contributed by atoms with Crippen molar-refractivity contribution in [1.29, 1.82) is 0 Å². The maximum absolute atomic E-state index is 11.7. The smallest absolute Gasteiger partial charge is 0.0894 e. The van der Waals surface area contributed by atoms with Crippen molar-refractivity contribution in [2.24, 2.45) is 17.8 Å². The van der Waals surface area contributed by atoms with Crippen LogP contribution in [0.15, 0.2) is 0 Å². The lowest BCUT2D eigenvalue weighted by atomic mass is 9.98. The van der Waals surface area contributed by atoms with Gasteiger partial charge in [-0.15, -0.1) is 0 Å². The van der Waals surface area contributed by atoms with E-state index in [-0.39, 0.29) is 6.67 Å². The van der Waals surface area contributed by atoms with E-state index >= 15 is 0 Å². The second-order valence-corrected chi connectivity index (χ2v) is 4.04. The molecule has 66 valence electrons. The van der Waals surface area contributed by atoms with Gasteiger partial charge in [-0.2, -0.15) is 0 Å². The molecule has 0 N–H and O–H groups in total. The van der Waals surface area contributed by atoms with Crippen molar-refractivity contribution >= 4 is 0 Å². The summed E-state index contributed by atoms with van der Waals surface area (Å²) < 4.78 is 11.7. The highest BCUT2D eigenvalue weighted by Gasteiger charge is 2.36. The summed E-state index contributed by atoms with van der Waals surface area (Å²) >= 11 is 0. The topological polar surface area (TPSA) is 0 Å². The van der Waals surface area contributed by atoms with Gasteiger partial charge in [-0.05, 0) is 30.6 Å². The minimum absolute atomic E-state index is 0.132. The summed E-state index contributed by atoms with van der Waals surface area (Å²) in [5.74, 6) is 2.77. The Bertz CT molecular complexity index is 111. The Morgan fingerprint density at radius 1 is 1.45 bits per heavy atom. The molecule has 0 aromatic heterocycles. The third-order valence-corrected chi connectivity index (χ3v) is 2.95. The molecule has 0 aliphatic heterocycles. The van der Waals surface area contributed by atoms with Gasteiger partial charge in [0.2, 0.25) is 0 Å². The predicted molar refractivity (Wildman–Crippen MR) is 46.3 cm³/mol. The molecule has 0 spiro atoms. The van der Waals surface area contributed by atoms with Crippen LogP contribution < -0.4 is 0 Å². The Hall–Kier alpha value is -0.0700. The maximum Gasteiger partial charge on any atom is 0.0894 e. The van der Waals surface area contributed by atoms with Gasteiger partial charge in [0.25, 0.3) is 0 Å². The summed E-state index contributed by atoms with van der Waals surface area (Å²) in [7, 11) is 0.